The zero-order valence-electron chi connectivity index (χ0n) is 10.9. The first-order valence-corrected chi connectivity index (χ1v) is 7.00. The first-order chi connectivity index (χ1) is 9.52. The van der Waals surface area contributed by atoms with Crippen LogP contribution >= 0.6 is 11.8 Å². The van der Waals surface area contributed by atoms with Crippen molar-refractivity contribution < 1.29 is 18.3 Å². The van der Waals surface area contributed by atoms with E-state index in [2.05, 4.69) is 0 Å². The average molecular weight is 294 g/mol. The SMILES string of the molecule is CC(C)Oc1cc2c(cc1F)Sc1cc(F)ccc1O2. The molecule has 0 radical (unpaired) electrons. The van der Waals surface area contributed by atoms with Crippen LogP contribution in [0.2, 0.25) is 0 Å². The third-order valence-electron chi connectivity index (χ3n) is 2.71. The molecule has 5 heteroatoms. The Kier molecular flexibility index (Phi) is 3.30. The maximum Gasteiger partial charge on any atom is 0.166 e. The largest absolute Gasteiger partial charge is 0.488 e. The fourth-order valence-corrected chi connectivity index (χ4v) is 2.89. The van der Waals surface area contributed by atoms with E-state index in [4.69, 9.17) is 9.47 Å². The summed E-state index contributed by atoms with van der Waals surface area (Å²) >= 11 is 1.28. The molecule has 0 N–H and O–H groups in total. The van der Waals surface area contributed by atoms with E-state index in [-0.39, 0.29) is 17.7 Å². The van der Waals surface area contributed by atoms with E-state index >= 15 is 0 Å². The summed E-state index contributed by atoms with van der Waals surface area (Å²) in [5, 5.41) is 0. The second-order valence-corrected chi connectivity index (χ2v) is 5.77. The molecule has 0 fully saturated rings. The van der Waals surface area contributed by atoms with Crippen molar-refractivity contribution in [3.63, 3.8) is 0 Å². The van der Waals surface area contributed by atoms with Gasteiger partial charge in [-0.25, -0.2) is 8.78 Å². The predicted octanol–water partition coefficient (Wildman–Crippen LogP) is 5.01. The van der Waals surface area contributed by atoms with Crippen LogP contribution in [0.25, 0.3) is 0 Å². The predicted molar refractivity (Wildman–Crippen MR) is 72.8 cm³/mol. The van der Waals surface area contributed by atoms with Crippen molar-refractivity contribution in [2.24, 2.45) is 0 Å². The third kappa shape index (κ3) is 2.45. The minimum atomic E-state index is -0.451. The van der Waals surface area contributed by atoms with Crippen molar-refractivity contribution in [3.05, 3.63) is 42.0 Å². The van der Waals surface area contributed by atoms with Gasteiger partial charge in [-0.3, -0.25) is 0 Å². The normalized spacial score (nSPS) is 12.7. The molecule has 0 aliphatic carbocycles. The maximum atomic E-state index is 13.9. The van der Waals surface area contributed by atoms with E-state index in [0.29, 0.717) is 21.3 Å². The first kappa shape index (κ1) is 13.2. The monoisotopic (exact) mass is 294 g/mol. The molecule has 0 saturated heterocycles. The number of benzene rings is 2. The lowest BCUT2D eigenvalue weighted by atomic mass is 10.3. The Balaban J connectivity index is 1.99. The number of hydrogen-bond acceptors (Lipinski definition) is 3. The Morgan fingerprint density at radius 3 is 2.55 bits per heavy atom. The van der Waals surface area contributed by atoms with Crippen molar-refractivity contribution in [1.82, 2.24) is 0 Å². The Bertz CT molecular complexity index is 671. The Hall–Kier alpha value is -1.75. The lowest BCUT2D eigenvalue weighted by Gasteiger charge is -2.21. The molecule has 0 amide bonds. The molecule has 1 heterocycles. The van der Waals surface area contributed by atoms with Gasteiger partial charge in [0.25, 0.3) is 0 Å². The van der Waals surface area contributed by atoms with Gasteiger partial charge in [0.2, 0.25) is 0 Å². The number of halogens is 2. The van der Waals surface area contributed by atoms with Crippen molar-refractivity contribution in [1.29, 1.82) is 0 Å². The summed E-state index contributed by atoms with van der Waals surface area (Å²) in [5.41, 5.74) is 0. The van der Waals surface area contributed by atoms with Crippen molar-refractivity contribution in [2.75, 3.05) is 0 Å². The van der Waals surface area contributed by atoms with Crippen LogP contribution in [0, 0.1) is 11.6 Å². The first-order valence-electron chi connectivity index (χ1n) is 6.18. The molecule has 2 aromatic rings. The molecule has 3 rings (SSSR count). The van der Waals surface area contributed by atoms with Crippen molar-refractivity contribution >= 4 is 11.8 Å². The molecular weight excluding hydrogens is 282 g/mol. The second kappa shape index (κ2) is 4.98. The molecule has 0 bridgehead atoms. The molecule has 1 aliphatic rings. The van der Waals surface area contributed by atoms with E-state index in [1.807, 2.05) is 13.8 Å². The molecular formula is C15H12F2O2S. The van der Waals surface area contributed by atoms with E-state index < -0.39 is 5.82 Å². The molecule has 2 aromatic carbocycles. The quantitative estimate of drug-likeness (QED) is 0.662. The Morgan fingerprint density at radius 1 is 1.05 bits per heavy atom. The van der Waals surface area contributed by atoms with Crippen LogP contribution in [-0.2, 0) is 0 Å². The van der Waals surface area contributed by atoms with Crippen LogP contribution in [0.3, 0.4) is 0 Å². The van der Waals surface area contributed by atoms with Gasteiger partial charge in [0.1, 0.15) is 17.3 Å². The molecule has 1 aliphatic heterocycles. The summed E-state index contributed by atoms with van der Waals surface area (Å²) in [6.45, 7) is 3.65. The van der Waals surface area contributed by atoms with Crippen LogP contribution in [0.5, 0.6) is 17.2 Å². The fourth-order valence-electron chi connectivity index (χ4n) is 1.90. The Morgan fingerprint density at radius 2 is 1.80 bits per heavy atom. The number of hydrogen-bond donors (Lipinski definition) is 0. The van der Waals surface area contributed by atoms with Gasteiger partial charge >= 0.3 is 0 Å². The van der Waals surface area contributed by atoms with Crippen LogP contribution in [0.1, 0.15) is 13.8 Å². The maximum absolute atomic E-state index is 13.9. The van der Waals surface area contributed by atoms with Crippen molar-refractivity contribution in [3.8, 4) is 17.2 Å². The topological polar surface area (TPSA) is 18.5 Å². The number of ether oxygens (including phenoxy) is 2. The van der Waals surface area contributed by atoms with Gasteiger partial charge in [0.05, 0.1) is 15.9 Å². The number of fused-ring (bicyclic) bond motifs is 2. The summed E-state index contributed by atoms with van der Waals surface area (Å²) in [5.74, 6) is 0.444. The molecule has 0 saturated carbocycles. The van der Waals surface area contributed by atoms with E-state index in [0.717, 1.165) is 0 Å². The molecule has 2 nitrogen and oxygen atoms in total. The summed E-state index contributed by atoms with van der Waals surface area (Å²) in [7, 11) is 0. The zero-order chi connectivity index (χ0) is 14.3. The highest BCUT2D eigenvalue weighted by atomic mass is 32.2. The van der Waals surface area contributed by atoms with Crippen molar-refractivity contribution in [2.45, 2.75) is 29.7 Å². The summed E-state index contributed by atoms with van der Waals surface area (Å²) in [4.78, 5) is 1.24. The number of rotatable bonds is 2. The van der Waals surface area contributed by atoms with Gasteiger partial charge in [-0.15, -0.1) is 0 Å². The average Bonchev–Trinajstić information content (AvgIpc) is 2.37. The van der Waals surface area contributed by atoms with E-state index in [9.17, 15) is 8.78 Å². The van der Waals surface area contributed by atoms with Gasteiger partial charge in [0.15, 0.2) is 11.6 Å². The van der Waals surface area contributed by atoms with E-state index in [1.165, 1.54) is 36.0 Å². The van der Waals surface area contributed by atoms with Gasteiger partial charge in [0, 0.05) is 6.07 Å². The minimum Gasteiger partial charge on any atom is -0.488 e. The van der Waals surface area contributed by atoms with Crippen LogP contribution in [0.4, 0.5) is 8.78 Å². The van der Waals surface area contributed by atoms with Crippen LogP contribution in [0.15, 0.2) is 40.1 Å². The van der Waals surface area contributed by atoms with Gasteiger partial charge in [-0.2, -0.15) is 0 Å². The molecule has 0 unspecified atom stereocenters. The highest BCUT2D eigenvalue weighted by Crippen LogP contribution is 2.48. The van der Waals surface area contributed by atoms with Gasteiger partial charge in [-0.05, 0) is 38.1 Å². The standard InChI is InChI=1S/C15H12F2O2S/c1-8(2)18-12-7-13-15(6-10(12)17)20-14-5-9(16)3-4-11(14)19-13/h3-8H,1-2H3. The fraction of sp³-hybridized carbons (Fsp3) is 0.200. The third-order valence-corrected chi connectivity index (χ3v) is 3.78. The lowest BCUT2D eigenvalue weighted by molar-refractivity contribution is 0.229. The lowest BCUT2D eigenvalue weighted by Crippen LogP contribution is -2.07. The molecule has 104 valence electrons. The highest BCUT2D eigenvalue weighted by Gasteiger charge is 2.21. The second-order valence-electron chi connectivity index (χ2n) is 4.69. The molecule has 0 aromatic heterocycles. The zero-order valence-corrected chi connectivity index (χ0v) is 11.8. The highest BCUT2D eigenvalue weighted by molar-refractivity contribution is 7.99. The van der Waals surface area contributed by atoms with Gasteiger partial charge < -0.3 is 9.47 Å². The van der Waals surface area contributed by atoms with Gasteiger partial charge in [-0.1, -0.05) is 11.8 Å². The van der Waals surface area contributed by atoms with Crippen LogP contribution in [-0.4, -0.2) is 6.10 Å². The minimum absolute atomic E-state index is 0.125. The smallest absolute Gasteiger partial charge is 0.166 e. The van der Waals surface area contributed by atoms with Crippen LogP contribution < -0.4 is 9.47 Å². The summed E-state index contributed by atoms with van der Waals surface area (Å²) in [6, 6.07) is 7.15. The summed E-state index contributed by atoms with van der Waals surface area (Å²) < 4.78 is 38.2. The summed E-state index contributed by atoms with van der Waals surface area (Å²) in [6.07, 6.45) is -0.125. The molecule has 0 spiro atoms. The molecule has 20 heavy (non-hydrogen) atoms. The molecule has 0 atom stereocenters. The Labute approximate surface area is 119 Å². The van der Waals surface area contributed by atoms with E-state index in [1.54, 1.807) is 6.07 Å².